The van der Waals surface area contributed by atoms with Crippen LogP contribution in [0.1, 0.15) is 29.9 Å². The smallest absolute Gasteiger partial charge is 0.195 e. The molecule has 6 heteroatoms. The number of aliphatic hydroxyl groups is 1. The molecule has 1 N–H and O–H groups in total. The lowest BCUT2D eigenvalue weighted by atomic mass is 10.0. The van der Waals surface area contributed by atoms with Crippen LogP contribution in [0.15, 0.2) is 17.9 Å². The van der Waals surface area contributed by atoms with Crippen LogP contribution < -0.4 is 0 Å². The van der Waals surface area contributed by atoms with Gasteiger partial charge in [-0.15, -0.1) is 11.3 Å². The van der Waals surface area contributed by atoms with Gasteiger partial charge in [-0.25, -0.2) is 9.97 Å². The van der Waals surface area contributed by atoms with Gasteiger partial charge in [-0.05, 0) is 25.7 Å². The van der Waals surface area contributed by atoms with E-state index in [1.807, 2.05) is 22.3 Å². The Morgan fingerprint density at radius 3 is 3.11 bits per heavy atom. The van der Waals surface area contributed by atoms with E-state index in [0.717, 1.165) is 29.3 Å². The molecule has 3 aromatic heterocycles. The SMILES string of the molecule is OCc1c(-n2cnc3c2CCCC3)nc2sccn12. The number of imidazole rings is 2. The highest BCUT2D eigenvalue weighted by molar-refractivity contribution is 7.15. The van der Waals surface area contributed by atoms with Crippen molar-refractivity contribution in [2.24, 2.45) is 0 Å². The third-order valence-corrected chi connectivity index (χ3v) is 4.50. The van der Waals surface area contributed by atoms with E-state index in [0.29, 0.717) is 0 Å². The molecule has 0 spiro atoms. The number of aryl methyl sites for hydroxylation is 1. The van der Waals surface area contributed by atoms with E-state index in [1.165, 1.54) is 24.2 Å². The molecule has 0 aliphatic heterocycles. The van der Waals surface area contributed by atoms with Crippen molar-refractivity contribution >= 4 is 16.3 Å². The lowest BCUT2D eigenvalue weighted by Crippen LogP contribution is -2.08. The van der Waals surface area contributed by atoms with Crippen LogP contribution in [0.4, 0.5) is 0 Å². The van der Waals surface area contributed by atoms with Crippen molar-refractivity contribution in [2.45, 2.75) is 32.3 Å². The Balaban J connectivity index is 1.94. The largest absolute Gasteiger partial charge is 0.390 e. The summed E-state index contributed by atoms with van der Waals surface area (Å²) in [4.78, 5) is 10.1. The van der Waals surface area contributed by atoms with Crippen LogP contribution in [0.3, 0.4) is 0 Å². The Labute approximate surface area is 114 Å². The Kier molecular flexibility index (Phi) is 2.46. The zero-order chi connectivity index (χ0) is 12.8. The van der Waals surface area contributed by atoms with Crippen LogP contribution in [0.2, 0.25) is 0 Å². The summed E-state index contributed by atoms with van der Waals surface area (Å²) < 4.78 is 4.01. The Morgan fingerprint density at radius 2 is 2.21 bits per heavy atom. The van der Waals surface area contributed by atoms with Gasteiger partial charge >= 0.3 is 0 Å². The molecule has 0 saturated carbocycles. The van der Waals surface area contributed by atoms with Gasteiger partial charge in [-0.2, -0.15) is 0 Å². The molecule has 1 aliphatic rings. The first kappa shape index (κ1) is 11.2. The van der Waals surface area contributed by atoms with Crippen molar-refractivity contribution in [1.29, 1.82) is 0 Å². The molecule has 0 amide bonds. The topological polar surface area (TPSA) is 55.3 Å². The van der Waals surface area contributed by atoms with E-state index >= 15 is 0 Å². The normalized spacial score (nSPS) is 15.0. The molecular formula is C13H14N4OS. The number of aromatic nitrogens is 4. The summed E-state index contributed by atoms with van der Waals surface area (Å²) in [6.07, 6.45) is 8.32. The number of nitrogens with zero attached hydrogens (tertiary/aromatic N) is 4. The monoisotopic (exact) mass is 274 g/mol. The number of hydrogen-bond acceptors (Lipinski definition) is 4. The van der Waals surface area contributed by atoms with E-state index in [4.69, 9.17) is 0 Å². The minimum atomic E-state index is -0.0137. The van der Waals surface area contributed by atoms with Gasteiger partial charge < -0.3 is 5.11 Å². The predicted octanol–water partition coefficient (Wildman–Crippen LogP) is 1.95. The molecule has 0 atom stereocenters. The summed E-state index contributed by atoms with van der Waals surface area (Å²) in [5.74, 6) is 0.824. The fourth-order valence-corrected chi connectivity index (χ4v) is 3.54. The minimum Gasteiger partial charge on any atom is -0.390 e. The van der Waals surface area contributed by atoms with Gasteiger partial charge in [0.1, 0.15) is 6.33 Å². The standard InChI is InChI=1S/C13H14N4OS/c18-7-11-12(15-13-16(11)5-6-19-13)17-8-14-9-3-1-2-4-10(9)17/h5-6,8,18H,1-4,7H2. The first-order valence-corrected chi connectivity index (χ1v) is 7.37. The summed E-state index contributed by atoms with van der Waals surface area (Å²) in [5, 5.41) is 11.6. The zero-order valence-corrected chi connectivity index (χ0v) is 11.2. The second-order valence-corrected chi connectivity index (χ2v) is 5.68. The average molecular weight is 274 g/mol. The first-order chi connectivity index (χ1) is 9.38. The zero-order valence-electron chi connectivity index (χ0n) is 10.4. The summed E-state index contributed by atoms with van der Waals surface area (Å²) in [6, 6.07) is 0. The lowest BCUT2D eigenvalue weighted by Gasteiger charge is -2.13. The molecule has 4 rings (SSSR count). The van der Waals surface area contributed by atoms with Gasteiger partial charge in [0.05, 0.1) is 18.0 Å². The number of aliphatic hydroxyl groups excluding tert-OH is 1. The second kappa shape index (κ2) is 4.18. The van der Waals surface area contributed by atoms with Crippen molar-refractivity contribution in [3.8, 4) is 5.82 Å². The molecule has 0 fully saturated rings. The lowest BCUT2D eigenvalue weighted by molar-refractivity contribution is 0.275. The molecule has 3 heterocycles. The first-order valence-electron chi connectivity index (χ1n) is 6.49. The van der Waals surface area contributed by atoms with Crippen LogP contribution >= 0.6 is 11.3 Å². The molecule has 0 bridgehead atoms. The van der Waals surface area contributed by atoms with Gasteiger partial charge in [0.25, 0.3) is 0 Å². The number of hydrogen-bond donors (Lipinski definition) is 1. The van der Waals surface area contributed by atoms with E-state index in [1.54, 1.807) is 11.3 Å². The van der Waals surface area contributed by atoms with Gasteiger partial charge in [0.2, 0.25) is 0 Å². The quantitative estimate of drug-likeness (QED) is 0.777. The van der Waals surface area contributed by atoms with Gasteiger partial charge in [-0.1, -0.05) is 0 Å². The summed E-state index contributed by atoms with van der Waals surface area (Å²) in [5.41, 5.74) is 3.28. The Bertz CT molecular complexity index is 739. The average Bonchev–Trinajstić information content (AvgIpc) is 3.11. The summed E-state index contributed by atoms with van der Waals surface area (Å²) in [7, 11) is 0. The van der Waals surface area contributed by atoms with E-state index < -0.39 is 0 Å². The molecule has 0 unspecified atom stereocenters. The van der Waals surface area contributed by atoms with Crippen molar-refractivity contribution in [2.75, 3.05) is 0 Å². The highest BCUT2D eigenvalue weighted by atomic mass is 32.1. The van der Waals surface area contributed by atoms with Gasteiger partial charge in [0.15, 0.2) is 10.8 Å². The third-order valence-electron chi connectivity index (χ3n) is 3.75. The van der Waals surface area contributed by atoms with E-state index in [2.05, 4.69) is 14.5 Å². The van der Waals surface area contributed by atoms with Crippen molar-refractivity contribution in [3.05, 3.63) is 35.0 Å². The maximum Gasteiger partial charge on any atom is 0.195 e. The van der Waals surface area contributed by atoms with Crippen LogP contribution in [-0.4, -0.2) is 24.0 Å². The van der Waals surface area contributed by atoms with E-state index in [-0.39, 0.29) is 6.61 Å². The molecule has 5 nitrogen and oxygen atoms in total. The van der Waals surface area contributed by atoms with Gasteiger partial charge in [-0.3, -0.25) is 8.97 Å². The molecule has 3 aromatic rings. The molecule has 1 aliphatic carbocycles. The second-order valence-electron chi connectivity index (χ2n) is 4.81. The van der Waals surface area contributed by atoms with Crippen LogP contribution in [0.25, 0.3) is 10.8 Å². The minimum absolute atomic E-state index is 0.0137. The number of thiazole rings is 1. The van der Waals surface area contributed by atoms with Crippen molar-refractivity contribution < 1.29 is 5.11 Å². The fourth-order valence-electron chi connectivity index (χ4n) is 2.81. The summed E-state index contributed by atoms with van der Waals surface area (Å²) in [6.45, 7) is -0.0137. The van der Waals surface area contributed by atoms with Crippen LogP contribution in [-0.2, 0) is 19.4 Å². The van der Waals surface area contributed by atoms with Crippen LogP contribution in [0.5, 0.6) is 0 Å². The maximum absolute atomic E-state index is 9.64. The summed E-state index contributed by atoms with van der Waals surface area (Å²) >= 11 is 1.58. The molecule has 0 saturated heterocycles. The highest BCUT2D eigenvalue weighted by Gasteiger charge is 2.20. The Hall–Kier alpha value is -1.66. The molecule has 0 radical (unpaired) electrons. The molecule has 0 aromatic carbocycles. The van der Waals surface area contributed by atoms with Gasteiger partial charge in [0, 0.05) is 17.3 Å². The molecule has 98 valence electrons. The van der Waals surface area contributed by atoms with E-state index in [9.17, 15) is 5.11 Å². The number of rotatable bonds is 2. The number of fused-ring (bicyclic) bond motifs is 2. The predicted molar refractivity (Wildman–Crippen MR) is 72.8 cm³/mol. The van der Waals surface area contributed by atoms with Crippen molar-refractivity contribution in [1.82, 2.24) is 18.9 Å². The highest BCUT2D eigenvalue weighted by Crippen LogP contribution is 2.26. The fraction of sp³-hybridized carbons (Fsp3) is 0.385. The molecular weight excluding hydrogens is 260 g/mol. The maximum atomic E-state index is 9.64. The van der Waals surface area contributed by atoms with Crippen LogP contribution in [0, 0.1) is 0 Å². The molecule has 19 heavy (non-hydrogen) atoms. The Morgan fingerprint density at radius 1 is 1.32 bits per heavy atom. The van der Waals surface area contributed by atoms with Crippen molar-refractivity contribution in [3.63, 3.8) is 0 Å². The third kappa shape index (κ3) is 1.56.